The first-order chi connectivity index (χ1) is 10.0. The van der Waals surface area contributed by atoms with Crippen LogP contribution in [0.5, 0.6) is 0 Å². The first kappa shape index (κ1) is 14.1. The van der Waals surface area contributed by atoms with Gasteiger partial charge in [0.25, 0.3) is 0 Å². The fraction of sp³-hybridized carbons (Fsp3) is 0.167. The number of halogens is 1. The van der Waals surface area contributed by atoms with Crippen molar-refractivity contribution >= 4 is 38.3 Å². The largest absolute Gasteiger partial charge is 0.340 e. The summed E-state index contributed by atoms with van der Waals surface area (Å²) in [5.74, 6) is 0.884. The van der Waals surface area contributed by atoms with E-state index in [-0.39, 0.29) is 0 Å². The smallest absolute Gasteiger partial charge is 0.131 e. The van der Waals surface area contributed by atoms with E-state index < -0.39 is 0 Å². The monoisotopic (exact) mass is 340 g/mol. The van der Waals surface area contributed by atoms with Crippen LogP contribution in [0.1, 0.15) is 16.7 Å². The van der Waals surface area contributed by atoms with Gasteiger partial charge in [0.2, 0.25) is 0 Å². The van der Waals surface area contributed by atoms with Crippen LogP contribution in [0.25, 0.3) is 10.9 Å². The Bertz CT molecular complexity index is 808. The molecule has 1 aromatic heterocycles. The molecule has 0 radical (unpaired) electrons. The van der Waals surface area contributed by atoms with Crippen LogP contribution in [0, 0.1) is 20.8 Å². The van der Waals surface area contributed by atoms with E-state index in [4.69, 9.17) is 4.98 Å². The van der Waals surface area contributed by atoms with E-state index in [1.165, 1.54) is 22.1 Å². The number of pyridine rings is 1. The Kier molecular flexibility index (Phi) is 3.68. The van der Waals surface area contributed by atoms with Gasteiger partial charge in [-0.1, -0.05) is 27.6 Å². The molecule has 21 heavy (non-hydrogen) atoms. The maximum absolute atomic E-state index is 4.77. The quantitative estimate of drug-likeness (QED) is 0.650. The summed E-state index contributed by atoms with van der Waals surface area (Å²) in [5.41, 5.74) is 5.84. The van der Waals surface area contributed by atoms with Gasteiger partial charge in [0.1, 0.15) is 5.82 Å². The molecule has 0 atom stereocenters. The van der Waals surface area contributed by atoms with Crippen LogP contribution in [-0.2, 0) is 0 Å². The summed E-state index contributed by atoms with van der Waals surface area (Å²) in [6.45, 7) is 6.38. The Balaban J connectivity index is 2.06. The summed E-state index contributed by atoms with van der Waals surface area (Å²) in [7, 11) is 0. The van der Waals surface area contributed by atoms with Gasteiger partial charge in [-0.05, 0) is 68.3 Å². The molecule has 1 heterocycles. The van der Waals surface area contributed by atoms with E-state index in [0.29, 0.717) is 0 Å². The predicted molar refractivity (Wildman–Crippen MR) is 93.4 cm³/mol. The second-order valence-corrected chi connectivity index (χ2v) is 6.35. The minimum Gasteiger partial charge on any atom is -0.340 e. The van der Waals surface area contributed by atoms with Gasteiger partial charge in [-0.25, -0.2) is 4.98 Å². The van der Waals surface area contributed by atoms with Crippen LogP contribution in [-0.4, -0.2) is 4.98 Å². The van der Waals surface area contributed by atoms with Crippen molar-refractivity contribution < 1.29 is 0 Å². The Labute approximate surface area is 133 Å². The van der Waals surface area contributed by atoms with Crippen LogP contribution >= 0.6 is 15.9 Å². The molecule has 3 rings (SSSR count). The number of nitrogens with one attached hydrogen (secondary N) is 1. The van der Waals surface area contributed by atoms with Crippen LogP contribution in [0.15, 0.2) is 46.9 Å². The molecule has 0 fully saturated rings. The topological polar surface area (TPSA) is 24.9 Å². The Hall–Kier alpha value is -1.87. The minimum atomic E-state index is 0.884. The third kappa shape index (κ3) is 2.93. The maximum Gasteiger partial charge on any atom is 0.131 e. The molecule has 0 aliphatic carbocycles. The van der Waals surface area contributed by atoms with Crippen molar-refractivity contribution in [2.45, 2.75) is 20.8 Å². The molecule has 3 aromatic rings. The maximum atomic E-state index is 4.77. The van der Waals surface area contributed by atoms with Crippen LogP contribution in [0.4, 0.5) is 11.5 Å². The van der Waals surface area contributed by atoms with Crippen molar-refractivity contribution in [2.75, 3.05) is 5.32 Å². The normalized spacial score (nSPS) is 10.9. The molecule has 0 saturated carbocycles. The van der Waals surface area contributed by atoms with Crippen LogP contribution < -0.4 is 5.32 Å². The number of anilines is 2. The zero-order valence-electron chi connectivity index (χ0n) is 12.4. The fourth-order valence-electron chi connectivity index (χ4n) is 2.59. The number of benzene rings is 2. The molecule has 2 nitrogen and oxygen atoms in total. The summed E-state index contributed by atoms with van der Waals surface area (Å²) in [6.07, 6.45) is 0. The molecular weight excluding hydrogens is 324 g/mol. The van der Waals surface area contributed by atoms with Crippen molar-refractivity contribution in [3.8, 4) is 0 Å². The molecule has 0 aliphatic rings. The zero-order valence-corrected chi connectivity index (χ0v) is 14.0. The first-order valence-corrected chi connectivity index (χ1v) is 7.73. The van der Waals surface area contributed by atoms with Gasteiger partial charge in [0.05, 0.1) is 5.52 Å². The number of rotatable bonds is 2. The predicted octanol–water partition coefficient (Wildman–Crippen LogP) is 5.67. The van der Waals surface area contributed by atoms with Gasteiger partial charge in [0, 0.05) is 15.5 Å². The number of hydrogen-bond donors (Lipinski definition) is 1. The van der Waals surface area contributed by atoms with Crippen LogP contribution in [0.3, 0.4) is 0 Å². The van der Waals surface area contributed by atoms with Crippen molar-refractivity contribution in [2.24, 2.45) is 0 Å². The fourth-order valence-corrected chi connectivity index (χ4v) is 2.85. The third-order valence-electron chi connectivity index (χ3n) is 3.57. The molecule has 0 amide bonds. The highest BCUT2D eigenvalue weighted by atomic mass is 79.9. The Morgan fingerprint density at radius 2 is 1.62 bits per heavy atom. The van der Waals surface area contributed by atoms with Gasteiger partial charge in [-0.15, -0.1) is 0 Å². The van der Waals surface area contributed by atoms with Crippen molar-refractivity contribution in [3.63, 3.8) is 0 Å². The van der Waals surface area contributed by atoms with E-state index >= 15 is 0 Å². The van der Waals surface area contributed by atoms with E-state index in [1.807, 2.05) is 24.3 Å². The molecular formula is C18H17BrN2. The number of hydrogen-bond acceptors (Lipinski definition) is 2. The van der Waals surface area contributed by atoms with Crippen molar-refractivity contribution in [1.82, 2.24) is 4.98 Å². The van der Waals surface area contributed by atoms with E-state index in [9.17, 15) is 0 Å². The number of fused-ring (bicyclic) bond motifs is 1. The zero-order chi connectivity index (χ0) is 15.0. The number of aryl methyl sites for hydroxylation is 3. The van der Waals surface area contributed by atoms with Gasteiger partial charge in [0.15, 0.2) is 0 Å². The van der Waals surface area contributed by atoms with Gasteiger partial charge in [-0.2, -0.15) is 0 Å². The summed E-state index contributed by atoms with van der Waals surface area (Å²) in [4.78, 5) is 4.77. The van der Waals surface area contributed by atoms with E-state index in [2.05, 4.69) is 60.2 Å². The van der Waals surface area contributed by atoms with Gasteiger partial charge < -0.3 is 5.32 Å². The molecule has 2 aromatic carbocycles. The molecule has 0 bridgehead atoms. The van der Waals surface area contributed by atoms with Gasteiger partial charge >= 0.3 is 0 Å². The highest BCUT2D eigenvalue weighted by Gasteiger charge is 2.06. The lowest BCUT2D eigenvalue weighted by Crippen LogP contribution is -1.97. The molecule has 0 saturated heterocycles. The lowest BCUT2D eigenvalue weighted by Gasteiger charge is -2.11. The standard InChI is InChI=1S/C18H17BrN2/c1-11-8-13(3)18-16(9-11)12(2)10-17(21-18)20-15-6-4-14(19)5-7-15/h4-10H,1-3H3,(H,20,21). The Morgan fingerprint density at radius 3 is 2.33 bits per heavy atom. The van der Waals surface area contributed by atoms with Gasteiger partial charge in [-0.3, -0.25) is 0 Å². The molecule has 1 N–H and O–H groups in total. The first-order valence-electron chi connectivity index (χ1n) is 6.94. The number of nitrogens with zero attached hydrogens (tertiary/aromatic N) is 1. The summed E-state index contributed by atoms with van der Waals surface area (Å²) in [6, 6.07) is 14.6. The molecule has 0 unspecified atom stereocenters. The van der Waals surface area contributed by atoms with E-state index in [1.54, 1.807) is 0 Å². The third-order valence-corrected chi connectivity index (χ3v) is 4.10. The Morgan fingerprint density at radius 1 is 0.905 bits per heavy atom. The second kappa shape index (κ2) is 5.49. The lowest BCUT2D eigenvalue weighted by molar-refractivity contribution is 1.30. The number of aromatic nitrogens is 1. The lowest BCUT2D eigenvalue weighted by atomic mass is 10.0. The SMILES string of the molecule is Cc1cc(C)c2nc(Nc3ccc(Br)cc3)cc(C)c2c1. The second-order valence-electron chi connectivity index (χ2n) is 5.43. The van der Waals surface area contributed by atoms with Crippen molar-refractivity contribution in [3.05, 3.63) is 63.6 Å². The van der Waals surface area contributed by atoms with Crippen LogP contribution in [0.2, 0.25) is 0 Å². The average Bonchev–Trinajstić information content (AvgIpc) is 2.43. The molecule has 0 spiro atoms. The molecule has 0 aliphatic heterocycles. The highest BCUT2D eigenvalue weighted by molar-refractivity contribution is 9.10. The average molecular weight is 341 g/mol. The minimum absolute atomic E-state index is 0.884. The molecule has 3 heteroatoms. The summed E-state index contributed by atoms with van der Waals surface area (Å²) >= 11 is 3.45. The summed E-state index contributed by atoms with van der Waals surface area (Å²) < 4.78 is 1.07. The summed E-state index contributed by atoms with van der Waals surface area (Å²) in [5, 5.41) is 4.60. The highest BCUT2D eigenvalue weighted by Crippen LogP contribution is 2.26. The van der Waals surface area contributed by atoms with E-state index in [0.717, 1.165) is 21.5 Å². The van der Waals surface area contributed by atoms with Crippen molar-refractivity contribution in [1.29, 1.82) is 0 Å². The molecule has 106 valence electrons.